The predicted molar refractivity (Wildman–Crippen MR) is 73.8 cm³/mol. The Morgan fingerprint density at radius 3 is 2.91 bits per heavy atom. The first-order chi connectivity index (χ1) is 11.2. The molecule has 0 unspecified atom stereocenters. The number of hydrogen-bond donors (Lipinski definition) is 0. The summed E-state index contributed by atoms with van der Waals surface area (Å²) in [7, 11) is 0. The van der Waals surface area contributed by atoms with Crippen LogP contribution in [0.15, 0.2) is 34.9 Å². The molecular weight excluding hydrogens is 306 g/mol. The number of ether oxygens (including phenoxy) is 2. The fourth-order valence-electron chi connectivity index (χ4n) is 2.14. The zero-order valence-corrected chi connectivity index (χ0v) is 11.6. The van der Waals surface area contributed by atoms with E-state index in [0.717, 1.165) is 0 Å². The molecule has 4 rings (SSSR count). The molecule has 1 aliphatic rings. The molecule has 3 heterocycles. The second kappa shape index (κ2) is 5.09. The number of nitro groups is 1. The van der Waals surface area contributed by atoms with E-state index in [-0.39, 0.29) is 25.0 Å². The van der Waals surface area contributed by atoms with Crippen molar-refractivity contribution in [3.8, 4) is 23.0 Å². The van der Waals surface area contributed by atoms with Gasteiger partial charge in [0.15, 0.2) is 11.5 Å². The van der Waals surface area contributed by atoms with Crippen LogP contribution in [0.4, 0.5) is 5.82 Å². The van der Waals surface area contributed by atoms with Crippen LogP contribution in [-0.4, -0.2) is 31.7 Å². The Bertz CT molecular complexity index is 887. The largest absolute Gasteiger partial charge is 0.454 e. The molecule has 1 aliphatic heterocycles. The maximum absolute atomic E-state index is 10.6. The van der Waals surface area contributed by atoms with Crippen LogP contribution in [0.2, 0.25) is 0 Å². The number of nitrogens with zero attached hydrogens (tertiary/aromatic N) is 5. The Morgan fingerprint density at radius 2 is 2.09 bits per heavy atom. The van der Waals surface area contributed by atoms with E-state index in [1.165, 1.54) is 16.9 Å². The molecule has 0 bridgehead atoms. The molecule has 10 heteroatoms. The van der Waals surface area contributed by atoms with Crippen LogP contribution in [0.1, 0.15) is 5.89 Å². The van der Waals surface area contributed by atoms with E-state index in [9.17, 15) is 10.1 Å². The summed E-state index contributed by atoms with van der Waals surface area (Å²) in [5.74, 6) is 1.65. The van der Waals surface area contributed by atoms with Crippen molar-refractivity contribution in [1.29, 1.82) is 0 Å². The van der Waals surface area contributed by atoms with E-state index in [1.807, 2.05) is 0 Å². The lowest BCUT2D eigenvalue weighted by atomic mass is 10.2. The van der Waals surface area contributed by atoms with Gasteiger partial charge < -0.3 is 24.0 Å². The van der Waals surface area contributed by atoms with Gasteiger partial charge in [-0.05, 0) is 23.1 Å². The molecule has 3 aromatic rings. The summed E-state index contributed by atoms with van der Waals surface area (Å²) in [5, 5.41) is 22.3. The molecule has 0 N–H and O–H groups in total. The molecule has 2 aromatic heterocycles. The third-order valence-corrected chi connectivity index (χ3v) is 3.20. The quantitative estimate of drug-likeness (QED) is 0.526. The maximum Gasteiger partial charge on any atom is 0.389 e. The van der Waals surface area contributed by atoms with Gasteiger partial charge in [0.05, 0.1) is 17.4 Å². The predicted octanol–water partition coefficient (Wildman–Crippen LogP) is 1.62. The van der Waals surface area contributed by atoms with Crippen molar-refractivity contribution >= 4 is 5.82 Å². The lowest BCUT2D eigenvalue weighted by Crippen LogP contribution is -2.01. The first-order valence-electron chi connectivity index (χ1n) is 6.59. The van der Waals surface area contributed by atoms with Crippen LogP contribution in [0.3, 0.4) is 0 Å². The van der Waals surface area contributed by atoms with Crippen LogP contribution in [0.5, 0.6) is 11.5 Å². The average Bonchev–Trinajstić information content (AvgIpc) is 3.27. The van der Waals surface area contributed by atoms with Gasteiger partial charge in [0, 0.05) is 5.56 Å². The van der Waals surface area contributed by atoms with Gasteiger partial charge in [0.25, 0.3) is 0 Å². The second-order valence-electron chi connectivity index (χ2n) is 4.70. The topological polar surface area (TPSA) is 118 Å². The molecule has 0 amide bonds. The number of aromatic nitrogens is 4. The Hall–Kier alpha value is -3.43. The molecule has 0 fully saturated rings. The average molecular weight is 315 g/mol. The molecule has 0 radical (unpaired) electrons. The van der Waals surface area contributed by atoms with Crippen LogP contribution in [0.25, 0.3) is 11.5 Å². The van der Waals surface area contributed by atoms with Gasteiger partial charge in [-0.3, -0.25) is 0 Å². The number of benzene rings is 1. The number of hydrogen-bond acceptors (Lipinski definition) is 8. The Balaban J connectivity index is 1.55. The summed E-state index contributed by atoms with van der Waals surface area (Å²) < 4.78 is 17.4. The highest BCUT2D eigenvalue weighted by Crippen LogP contribution is 2.35. The SMILES string of the molecule is O=[N+]([O-])c1ccn(Cc2nnc(-c3ccc4c(c3)OCO4)o2)n1. The molecule has 0 saturated heterocycles. The van der Waals surface area contributed by atoms with Gasteiger partial charge in [-0.25, -0.2) is 0 Å². The van der Waals surface area contributed by atoms with Gasteiger partial charge in [0.2, 0.25) is 18.6 Å². The van der Waals surface area contributed by atoms with Crippen molar-refractivity contribution in [1.82, 2.24) is 20.0 Å². The third kappa shape index (κ3) is 2.46. The first-order valence-corrected chi connectivity index (χ1v) is 6.59. The van der Waals surface area contributed by atoms with Crippen LogP contribution >= 0.6 is 0 Å². The van der Waals surface area contributed by atoms with Crippen molar-refractivity contribution in [3.05, 3.63) is 46.5 Å². The molecule has 23 heavy (non-hydrogen) atoms. The Morgan fingerprint density at radius 1 is 1.22 bits per heavy atom. The monoisotopic (exact) mass is 315 g/mol. The van der Waals surface area contributed by atoms with Gasteiger partial charge in [0.1, 0.15) is 6.54 Å². The lowest BCUT2D eigenvalue weighted by Gasteiger charge is -1.97. The highest BCUT2D eigenvalue weighted by molar-refractivity contribution is 5.60. The highest BCUT2D eigenvalue weighted by atomic mass is 16.7. The van der Waals surface area contributed by atoms with Gasteiger partial charge in [-0.1, -0.05) is 0 Å². The van der Waals surface area contributed by atoms with E-state index in [1.54, 1.807) is 18.2 Å². The van der Waals surface area contributed by atoms with Crippen LogP contribution < -0.4 is 9.47 Å². The van der Waals surface area contributed by atoms with Gasteiger partial charge in [-0.2, -0.15) is 4.68 Å². The minimum atomic E-state index is -0.567. The smallest absolute Gasteiger partial charge is 0.389 e. The van der Waals surface area contributed by atoms with E-state index in [2.05, 4.69) is 15.3 Å². The van der Waals surface area contributed by atoms with Crippen molar-refractivity contribution in [3.63, 3.8) is 0 Å². The number of fused-ring (bicyclic) bond motifs is 1. The number of rotatable bonds is 4. The standard InChI is InChI=1S/C13H9N5O5/c19-18(20)11-3-4-17(16-11)6-12-14-15-13(23-12)8-1-2-9-10(5-8)22-7-21-9/h1-5H,6-7H2. The first kappa shape index (κ1) is 13.2. The minimum Gasteiger partial charge on any atom is -0.454 e. The summed E-state index contributed by atoms with van der Waals surface area (Å²) in [6.07, 6.45) is 1.47. The maximum atomic E-state index is 10.6. The summed E-state index contributed by atoms with van der Waals surface area (Å²) >= 11 is 0. The van der Waals surface area contributed by atoms with E-state index < -0.39 is 4.92 Å². The van der Waals surface area contributed by atoms with Crippen molar-refractivity contribution in [2.75, 3.05) is 6.79 Å². The molecule has 10 nitrogen and oxygen atoms in total. The minimum absolute atomic E-state index is 0.144. The summed E-state index contributed by atoms with van der Waals surface area (Å²) in [6, 6.07) is 6.59. The zero-order chi connectivity index (χ0) is 15.8. The van der Waals surface area contributed by atoms with E-state index >= 15 is 0 Å². The summed E-state index contributed by atoms with van der Waals surface area (Å²) in [4.78, 5) is 10.0. The van der Waals surface area contributed by atoms with E-state index in [0.29, 0.717) is 23.0 Å². The molecule has 0 saturated carbocycles. The van der Waals surface area contributed by atoms with Crippen molar-refractivity contribution < 1.29 is 18.8 Å². The molecule has 116 valence electrons. The van der Waals surface area contributed by atoms with Crippen molar-refractivity contribution in [2.45, 2.75) is 6.54 Å². The zero-order valence-electron chi connectivity index (χ0n) is 11.6. The van der Waals surface area contributed by atoms with E-state index in [4.69, 9.17) is 13.9 Å². The normalized spacial score (nSPS) is 12.5. The molecule has 0 aliphatic carbocycles. The van der Waals surface area contributed by atoms with Crippen molar-refractivity contribution in [2.24, 2.45) is 0 Å². The van der Waals surface area contributed by atoms with Crippen LogP contribution in [-0.2, 0) is 6.54 Å². The lowest BCUT2D eigenvalue weighted by molar-refractivity contribution is -0.389. The molecule has 0 spiro atoms. The van der Waals surface area contributed by atoms with Gasteiger partial charge >= 0.3 is 5.82 Å². The fraction of sp³-hybridized carbons (Fsp3) is 0.154. The summed E-state index contributed by atoms with van der Waals surface area (Å²) in [6.45, 7) is 0.331. The Kier molecular flexibility index (Phi) is 2.93. The molecular formula is C13H9N5O5. The Labute approximate surface area is 128 Å². The summed E-state index contributed by atoms with van der Waals surface area (Å²) in [5.41, 5.74) is 0.694. The second-order valence-corrected chi connectivity index (χ2v) is 4.70. The highest BCUT2D eigenvalue weighted by Gasteiger charge is 2.18. The molecule has 0 atom stereocenters. The third-order valence-electron chi connectivity index (χ3n) is 3.20. The fourth-order valence-corrected chi connectivity index (χ4v) is 2.14. The van der Waals surface area contributed by atoms with Gasteiger partial charge in [-0.15, -0.1) is 10.2 Å². The van der Waals surface area contributed by atoms with Crippen LogP contribution in [0, 0.1) is 10.1 Å². The molecule has 1 aromatic carbocycles.